The van der Waals surface area contributed by atoms with Crippen LogP contribution >= 0.6 is 0 Å². The Kier molecular flexibility index (Phi) is 1.89. The van der Waals surface area contributed by atoms with Crippen molar-refractivity contribution in [1.29, 1.82) is 0 Å². The molecule has 10 heavy (non-hydrogen) atoms. The molecule has 1 aliphatic rings. The standard InChI is InChI=1S/C5H5NO4/c7-6(8)10-5-2-1-3-9-4-5/h1-3H,4H2. The zero-order chi connectivity index (χ0) is 7.40. The fourth-order valence-corrected chi connectivity index (χ4v) is 0.533. The quantitative estimate of drug-likeness (QED) is 0.420. The molecule has 5 nitrogen and oxygen atoms in total. The van der Waals surface area contributed by atoms with Gasteiger partial charge < -0.3 is 4.74 Å². The molecule has 1 aliphatic heterocycles. The Labute approximate surface area is 56.6 Å². The van der Waals surface area contributed by atoms with Gasteiger partial charge in [-0.25, -0.2) is 0 Å². The Hall–Kier alpha value is -1.52. The van der Waals surface area contributed by atoms with Crippen LogP contribution in [0, 0.1) is 10.1 Å². The zero-order valence-corrected chi connectivity index (χ0v) is 5.02. The number of nitrogens with zero attached hydrogens (tertiary/aromatic N) is 1. The second-order valence-electron chi connectivity index (χ2n) is 1.59. The van der Waals surface area contributed by atoms with Gasteiger partial charge in [-0.2, -0.15) is 0 Å². The molecule has 0 bridgehead atoms. The van der Waals surface area contributed by atoms with Gasteiger partial charge in [-0.1, -0.05) is 0 Å². The molecule has 0 aliphatic carbocycles. The van der Waals surface area contributed by atoms with Crippen LogP contribution < -0.4 is 0 Å². The largest absolute Gasteiger partial charge is 0.495 e. The van der Waals surface area contributed by atoms with Crippen LogP contribution in [0.1, 0.15) is 0 Å². The van der Waals surface area contributed by atoms with Crippen LogP contribution in [0.2, 0.25) is 0 Å². The maximum absolute atomic E-state index is 9.73. The molecule has 0 fully saturated rings. The smallest absolute Gasteiger partial charge is 0.299 e. The van der Waals surface area contributed by atoms with Gasteiger partial charge in [-0.15, -0.1) is 10.1 Å². The predicted molar refractivity (Wildman–Crippen MR) is 31.3 cm³/mol. The molecule has 0 radical (unpaired) electrons. The molecular weight excluding hydrogens is 138 g/mol. The van der Waals surface area contributed by atoms with Gasteiger partial charge in [0, 0.05) is 0 Å². The van der Waals surface area contributed by atoms with Gasteiger partial charge >= 0.3 is 0 Å². The second-order valence-corrected chi connectivity index (χ2v) is 1.59. The van der Waals surface area contributed by atoms with Gasteiger partial charge in [-0.05, 0) is 12.2 Å². The first-order valence-corrected chi connectivity index (χ1v) is 2.59. The number of hydrogen-bond donors (Lipinski definition) is 0. The van der Waals surface area contributed by atoms with Crippen LogP contribution in [0.3, 0.4) is 0 Å². The lowest BCUT2D eigenvalue weighted by atomic mass is 10.4. The van der Waals surface area contributed by atoms with E-state index >= 15 is 0 Å². The normalized spacial score (nSPS) is 15.4. The third-order valence-corrected chi connectivity index (χ3v) is 0.874. The topological polar surface area (TPSA) is 61.6 Å². The van der Waals surface area contributed by atoms with Gasteiger partial charge in [0.25, 0.3) is 5.09 Å². The van der Waals surface area contributed by atoms with Crippen molar-refractivity contribution >= 4 is 0 Å². The highest BCUT2D eigenvalue weighted by Gasteiger charge is 2.03. The zero-order valence-electron chi connectivity index (χ0n) is 5.02. The average molecular weight is 143 g/mol. The minimum absolute atomic E-state index is 0.123. The summed E-state index contributed by atoms with van der Waals surface area (Å²) in [7, 11) is 0. The Morgan fingerprint density at radius 2 is 2.60 bits per heavy atom. The number of allylic oxidation sites excluding steroid dienone is 2. The highest BCUT2D eigenvalue weighted by molar-refractivity contribution is 5.09. The van der Waals surface area contributed by atoms with Crippen molar-refractivity contribution in [2.24, 2.45) is 0 Å². The lowest BCUT2D eigenvalue weighted by molar-refractivity contribution is -0.743. The first-order chi connectivity index (χ1) is 4.79. The molecule has 5 heteroatoms. The van der Waals surface area contributed by atoms with Crippen LogP contribution in [0.15, 0.2) is 24.2 Å². The lowest BCUT2D eigenvalue weighted by Gasteiger charge is -2.06. The number of rotatable bonds is 2. The summed E-state index contributed by atoms with van der Waals surface area (Å²) in [5, 5.41) is 8.86. The van der Waals surface area contributed by atoms with Crippen LogP contribution in [0.4, 0.5) is 0 Å². The molecule has 0 aromatic carbocycles. The molecule has 0 spiro atoms. The van der Waals surface area contributed by atoms with Crippen molar-refractivity contribution in [3.05, 3.63) is 34.3 Å². The highest BCUT2D eigenvalue weighted by atomic mass is 17.0. The average Bonchev–Trinajstić information content (AvgIpc) is 1.88. The van der Waals surface area contributed by atoms with E-state index in [2.05, 4.69) is 4.84 Å². The fraction of sp³-hybridized carbons (Fsp3) is 0.200. The van der Waals surface area contributed by atoms with Crippen LogP contribution in [-0.2, 0) is 9.57 Å². The summed E-state index contributed by atoms with van der Waals surface area (Å²) in [4.78, 5) is 13.8. The minimum Gasteiger partial charge on any atom is -0.495 e. The van der Waals surface area contributed by atoms with Crippen LogP contribution in [0.5, 0.6) is 0 Å². The Morgan fingerprint density at radius 3 is 3.10 bits per heavy atom. The fourth-order valence-electron chi connectivity index (χ4n) is 0.533. The van der Waals surface area contributed by atoms with Crippen molar-refractivity contribution < 1.29 is 14.7 Å². The third kappa shape index (κ3) is 1.77. The second kappa shape index (κ2) is 2.86. The summed E-state index contributed by atoms with van der Waals surface area (Å²) in [6, 6.07) is 0. The van der Waals surface area contributed by atoms with E-state index in [0.717, 1.165) is 0 Å². The summed E-state index contributed by atoms with van der Waals surface area (Å²) in [5.74, 6) is 0.201. The SMILES string of the molecule is O=[N+]([O-])OC1=CC=COC1. The molecule has 0 atom stereocenters. The highest BCUT2D eigenvalue weighted by Crippen LogP contribution is 2.03. The van der Waals surface area contributed by atoms with Gasteiger partial charge in [0.15, 0.2) is 0 Å². The van der Waals surface area contributed by atoms with E-state index < -0.39 is 5.09 Å². The first kappa shape index (κ1) is 6.60. The number of hydrogen-bond acceptors (Lipinski definition) is 4. The van der Waals surface area contributed by atoms with E-state index in [1.165, 1.54) is 18.4 Å². The molecular formula is C5H5NO4. The Balaban J connectivity index is 2.47. The molecule has 54 valence electrons. The molecule has 0 aromatic heterocycles. The van der Waals surface area contributed by atoms with Crippen molar-refractivity contribution in [3.8, 4) is 0 Å². The minimum atomic E-state index is -0.867. The van der Waals surface area contributed by atoms with Crippen molar-refractivity contribution in [2.45, 2.75) is 0 Å². The summed E-state index contributed by atoms with van der Waals surface area (Å²) in [5.41, 5.74) is 0. The van der Waals surface area contributed by atoms with Gasteiger partial charge in [-0.3, -0.25) is 4.84 Å². The number of ether oxygens (including phenoxy) is 1. The molecule has 0 N–H and O–H groups in total. The van der Waals surface area contributed by atoms with Crippen molar-refractivity contribution in [2.75, 3.05) is 6.61 Å². The van der Waals surface area contributed by atoms with E-state index in [9.17, 15) is 10.1 Å². The monoisotopic (exact) mass is 143 g/mol. The predicted octanol–water partition coefficient (Wildman–Crippen LogP) is 0.622. The van der Waals surface area contributed by atoms with E-state index in [-0.39, 0.29) is 12.4 Å². The third-order valence-electron chi connectivity index (χ3n) is 0.874. The molecule has 0 aromatic rings. The van der Waals surface area contributed by atoms with Crippen LogP contribution in [0.25, 0.3) is 0 Å². The first-order valence-electron chi connectivity index (χ1n) is 2.59. The Bertz CT molecular complexity index is 196. The van der Waals surface area contributed by atoms with Gasteiger partial charge in [0.1, 0.15) is 12.4 Å². The van der Waals surface area contributed by atoms with Gasteiger partial charge in [0.05, 0.1) is 6.26 Å². The summed E-state index contributed by atoms with van der Waals surface area (Å²) >= 11 is 0. The summed E-state index contributed by atoms with van der Waals surface area (Å²) in [6.07, 6.45) is 4.45. The molecule has 1 heterocycles. The van der Waals surface area contributed by atoms with E-state index in [1.54, 1.807) is 0 Å². The lowest BCUT2D eigenvalue weighted by Crippen LogP contribution is -2.06. The van der Waals surface area contributed by atoms with Crippen LogP contribution in [-0.4, -0.2) is 11.7 Å². The van der Waals surface area contributed by atoms with E-state index in [4.69, 9.17) is 4.74 Å². The van der Waals surface area contributed by atoms with Crippen molar-refractivity contribution in [3.63, 3.8) is 0 Å². The molecule has 1 rings (SSSR count). The van der Waals surface area contributed by atoms with E-state index in [1.807, 2.05) is 0 Å². The van der Waals surface area contributed by atoms with Gasteiger partial charge in [0.2, 0.25) is 0 Å². The van der Waals surface area contributed by atoms with Crippen molar-refractivity contribution in [1.82, 2.24) is 0 Å². The molecule has 0 saturated carbocycles. The van der Waals surface area contributed by atoms with E-state index in [0.29, 0.717) is 0 Å². The molecule has 0 saturated heterocycles. The molecule has 0 amide bonds. The Morgan fingerprint density at radius 1 is 1.80 bits per heavy atom. The summed E-state index contributed by atoms with van der Waals surface area (Å²) < 4.78 is 4.70. The maximum atomic E-state index is 9.73. The maximum Gasteiger partial charge on any atom is 0.299 e. The summed E-state index contributed by atoms with van der Waals surface area (Å²) in [6.45, 7) is 0.123. The molecule has 0 unspecified atom stereocenters.